The average Bonchev–Trinajstić information content (AvgIpc) is 2.72. The molecule has 32 heavy (non-hydrogen) atoms. The SMILES string of the molecule is CNc1cc(C(=O)c2ncc(Cl)cc2NS(=O)(=O)c2ccc(C)c(C(F)(F)F)c2)ccn1. The summed E-state index contributed by atoms with van der Waals surface area (Å²) in [6, 6.07) is 6.61. The van der Waals surface area contributed by atoms with Crippen LogP contribution in [-0.4, -0.2) is 31.2 Å². The number of nitrogens with one attached hydrogen (secondary N) is 2. The van der Waals surface area contributed by atoms with Crippen LogP contribution >= 0.6 is 11.6 Å². The summed E-state index contributed by atoms with van der Waals surface area (Å²) in [5.41, 5.74) is -1.62. The van der Waals surface area contributed by atoms with Gasteiger partial charge in [-0.3, -0.25) is 9.52 Å². The quantitative estimate of drug-likeness (QED) is 0.498. The van der Waals surface area contributed by atoms with E-state index in [0.717, 1.165) is 24.4 Å². The van der Waals surface area contributed by atoms with E-state index in [2.05, 4.69) is 20.0 Å². The smallest absolute Gasteiger partial charge is 0.373 e. The largest absolute Gasteiger partial charge is 0.416 e. The van der Waals surface area contributed by atoms with Crippen molar-refractivity contribution < 1.29 is 26.4 Å². The molecule has 0 spiro atoms. The lowest BCUT2D eigenvalue weighted by molar-refractivity contribution is -0.138. The van der Waals surface area contributed by atoms with Gasteiger partial charge in [-0.05, 0) is 42.8 Å². The van der Waals surface area contributed by atoms with E-state index in [1.165, 1.54) is 25.3 Å². The number of carbonyl (C=O) groups is 1. The number of aryl methyl sites for hydroxylation is 1. The number of hydrogen-bond donors (Lipinski definition) is 2. The summed E-state index contributed by atoms with van der Waals surface area (Å²) in [6.07, 6.45) is -2.20. The highest BCUT2D eigenvalue weighted by Crippen LogP contribution is 2.34. The molecule has 0 bridgehead atoms. The molecule has 168 valence electrons. The van der Waals surface area contributed by atoms with Crippen molar-refractivity contribution in [2.45, 2.75) is 18.0 Å². The van der Waals surface area contributed by atoms with E-state index in [1.54, 1.807) is 7.05 Å². The molecule has 0 aliphatic carbocycles. The minimum atomic E-state index is -4.74. The van der Waals surface area contributed by atoms with E-state index in [0.29, 0.717) is 11.9 Å². The number of halogens is 4. The second-order valence-electron chi connectivity index (χ2n) is 6.64. The van der Waals surface area contributed by atoms with Gasteiger partial charge in [0.05, 0.1) is 21.2 Å². The van der Waals surface area contributed by atoms with Crippen molar-refractivity contribution in [2.24, 2.45) is 0 Å². The summed E-state index contributed by atoms with van der Waals surface area (Å²) in [6.45, 7) is 1.22. The Morgan fingerprint density at radius 2 is 1.81 bits per heavy atom. The van der Waals surface area contributed by atoms with Crippen LogP contribution in [0.5, 0.6) is 0 Å². The fourth-order valence-corrected chi connectivity index (χ4v) is 4.06. The lowest BCUT2D eigenvalue weighted by atomic mass is 10.1. The van der Waals surface area contributed by atoms with Gasteiger partial charge in [-0.25, -0.2) is 18.4 Å². The van der Waals surface area contributed by atoms with Gasteiger partial charge < -0.3 is 5.32 Å². The molecule has 3 aromatic rings. The molecular weight excluding hydrogens is 469 g/mol. The highest BCUT2D eigenvalue weighted by atomic mass is 35.5. The highest BCUT2D eigenvalue weighted by molar-refractivity contribution is 7.92. The first-order chi connectivity index (χ1) is 14.9. The number of aromatic nitrogens is 2. The molecule has 0 amide bonds. The van der Waals surface area contributed by atoms with Crippen molar-refractivity contribution in [3.05, 3.63) is 76.2 Å². The number of alkyl halides is 3. The maximum atomic E-state index is 13.2. The molecular formula is C20H16ClF3N4O3S. The fraction of sp³-hybridized carbons (Fsp3) is 0.150. The Labute approximate surface area is 186 Å². The third-order valence-electron chi connectivity index (χ3n) is 4.42. The maximum Gasteiger partial charge on any atom is 0.416 e. The molecule has 0 aliphatic rings. The van der Waals surface area contributed by atoms with Crippen LogP contribution in [0.15, 0.2) is 53.7 Å². The molecule has 0 saturated heterocycles. The van der Waals surface area contributed by atoms with E-state index < -0.39 is 32.4 Å². The van der Waals surface area contributed by atoms with Gasteiger partial charge in [-0.2, -0.15) is 13.2 Å². The van der Waals surface area contributed by atoms with Gasteiger partial charge in [-0.1, -0.05) is 17.7 Å². The molecule has 0 radical (unpaired) electrons. The molecule has 12 heteroatoms. The molecule has 2 aromatic heterocycles. The number of benzene rings is 1. The first kappa shape index (κ1) is 23.5. The minimum Gasteiger partial charge on any atom is -0.373 e. The average molecular weight is 485 g/mol. The number of hydrogen-bond acceptors (Lipinski definition) is 6. The van der Waals surface area contributed by atoms with Gasteiger partial charge >= 0.3 is 6.18 Å². The van der Waals surface area contributed by atoms with Gasteiger partial charge in [-0.15, -0.1) is 0 Å². The first-order valence-electron chi connectivity index (χ1n) is 8.97. The van der Waals surface area contributed by atoms with Gasteiger partial charge in [0.2, 0.25) is 5.78 Å². The van der Waals surface area contributed by atoms with Crippen molar-refractivity contribution in [1.29, 1.82) is 0 Å². The molecule has 0 atom stereocenters. The van der Waals surface area contributed by atoms with Crippen LogP contribution in [0.2, 0.25) is 5.02 Å². The summed E-state index contributed by atoms with van der Waals surface area (Å²) >= 11 is 5.92. The summed E-state index contributed by atoms with van der Waals surface area (Å²) in [4.78, 5) is 20.3. The summed E-state index contributed by atoms with van der Waals surface area (Å²) in [7, 11) is -2.90. The number of pyridine rings is 2. The van der Waals surface area contributed by atoms with Crippen molar-refractivity contribution in [3.8, 4) is 0 Å². The van der Waals surface area contributed by atoms with Crippen LogP contribution in [0.25, 0.3) is 0 Å². The lowest BCUT2D eigenvalue weighted by Gasteiger charge is -2.15. The zero-order valence-electron chi connectivity index (χ0n) is 16.7. The lowest BCUT2D eigenvalue weighted by Crippen LogP contribution is -2.18. The van der Waals surface area contributed by atoms with Gasteiger partial charge in [0.15, 0.2) is 0 Å². The molecule has 2 N–H and O–H groups in total. The topological polar surface area (TPSA) is 101 Å². The highest BCUT2D eigenvalue weighted by Gasteiger charge is 2.34. The molecule has 0 aliphatic heterocycles. The molecule has 0 saturated carbocycles. The van der Waals surface area contributed by atoms with Gasteiger partial charge in [0, 0.05) is 25.0 Å². The Morgan fingerprint density at radius 1 is 1.09 bits per heavy atom. The number of nitrogens with zero attached hydrogens (tertiary/aromatic N) is 2. The standard InChI is InChI=1S/C20H16ClF3N4O3S/c1-11-3-4-14(9-15(11)20(22,23)24)32(30,31)28-16-8-13(21)10-27-18(16)19(29)12-5-6-26-17(7-12)25-2/h3-10,28H,1-2H3,(H,25,26). The van der Waals surface area contributed by atoms with E-state index >= 15 is 0 Å². The van der Waals surface area contributed by atoms with Crippen molar-refractivity contribution in [3.63, 3.8) is 0 Å². The second kappa shape index (κ2) is 8.75. The Kier molecular flexibility index (Phi) is 6.42. The third-order valence-corrected chi connectivity index (χ3v) is 5.99. The minimum absolute atomic E-state index is 0.0183. The molecule has 1 aromatic carbocycles. The van der Waals surface area contributed by atoms with Crippen LogP contribution in [0.4, 0.5) is 24.7 Å². The number of ketones is 1. The zero-order chi connectivity index (χ0) is 23.7. The van der Waals surface area contributed by atoms with Crippen LogP contribution in [-0.2, 0) is 16.2 Å². The predicted molar refractivity (Wildman–Crippen MR) is 113 cm³/mol. The van der Waals surface area contributed by atoms with Gasteiger partial charge in [0.25, 0.3) is 10.0 Å². The first-order valence-corrected chi connectivity index (χ1v) is 10.8. The summed E-state index contributed by atoms with van der Waals surface area (Å²) in [5.74, 6) is -0.246. The maximum absolute atomic E-state index is 13.2. The molecule has 0 fully saturated rings. The Bertz CT molecular complexity index is 1300. The van der Waals surface area contributed by atoms with Crippen LogP contribution in [0, 0.1) is 6.92 Å². The normalized spacial score (nSPS) is 11.8. The number of rotatable bonds is 6. The van der Waals surface area contributed by atoms with Crippen molar-refractivity contribution >= 4 is 38.9 Å². The fourth-order valence-electron chi connectivity index (χ4n) is 2.82. The monoisotopic (exact) mass is 484 g/mol. The zero-order valence-corrected chi connectivity index (χ0v) is 18.2. The number of sulfonamides is 1. The van der Waals surface area contributed by atoms with E-state index in [-0.39, 0.29) is 27.5 Å². The summed E-state index contributed by atoms with van der Waals surface area (Å²) in [5, 5.41) is 2.79. The van der Waals surface area contributed by atoms with E-state index in [9.17, 15) is 26.4 Å². The molecule has 7 nitrogen and oxygen atoms in total. The van der Waals surface area contributed by atoms with E-state index in [4.69, 9.17) is 11.6 Å². The third kappa shape index (κ3) is 5.00. The predicted octanol–water partition coefficient (Wildman–Crippen LogP) is 4.53. The Balaban J connectivity index is 2.04. The van der Waals surface area contributed by atoms with Gasteiger partial charge in [0.1, 0.15) is 11.5 Å². The van der Waals surface area contributed by atoms with Crippen molar-refractivity contribution in [1.82, 2.24) is 9.97 Å². The number of carbonyl (C=O) groups excluding carboxylic acids is 1. The Morgan fingerprint density at radius 3 is 2.47 bits per heavy atom. The molecule has 2 heterocycles. The summed E-state index contributed by atoms with van der Waals surface area (Å²) < 4.78 is 67.5. The second-order valence-corrected chi connectivity index (χ2v) is 8.76. The molecule has 3 rings (SSSR count). The Hall–Kier alpha value is -3.18. The number of anilines is 2. The van der Waals surface area contributed by atoms with Crippen LogP contribution < -0.4 is 10.0 Å². The van der Waals surface area contributed by atoms with E-state index in [1.807, 2.05) is 0 Å². The molecule has 0 unspecified atom stereocenters. The van der Waals surface area contributed by atoms with Crippen molar-refractivity contribution in [2.75, 3.05) is 17.1 Å². The van der Waals surface area contributed by atoms with Crippen LogP contribution in [0.3, 0.4) is 0 Å². The van der Waals surface area contributed by atoms with Crippen LogP contribution in [0.1, 0.15) is 27.2 Å².